The molecule has 0 aliphatic carbocycles. The quantitative estimate of drug-likeness (QED) is 0.669. The first-order chi connectivity index (χ1) is 5.83. The third-order valence-corrected chi connectivity index (χ3v) is 2.89. The van der Waals surface area contributed by atoms with Crippen molar-refractivity contribution >= 4 is 0 Å². The van der Waals surface area contributed by atoms with Gasteiger partial charge in [-0.3, -0.25) is 0 Å². The molecule has 1 nitrogen and oxygen atoms in total. The van der Waals surface area contributed by atoms with Crippen molar-refractivity contribution < 1.29 is 5.11 Å². The number of hydrogen-bond donors (Lipinski definition) is 1. The molecule has 0 aromatic rings. The molecule has 0 aliphatic heterocycles. The Hall–Kier alpha value is -0.0400. The van der Waals surface area contributed by atoms with Crippen molar-refractivity contribution in [3.63, 3.8) is 0 Å². The molecule has 1 N–H and O–H groups in total. The lowest BCUT2D eigenvalue weighted by molar-refractivity contribution is 0.00428. The smallest absolute Gasteiger partial charge is 0.0624 e. The molecule has 13 heavy (non-hydrogen) atoms. The fraction of sp³-hybridized carbons (Fsp3) is 1.00. The molecule has 0 rings (SSSR count). The van der Waals surface area contributed by atoms with Crippen LogP contribution in [0.4, 0.5) is 0 Å². The number of rotatable bonds is 6. The highest BCUT2D eigenvalue weighted by molar-refractivity contribution is 4.80. The second kappa shape index (κ2) is 4.99. The second-order valence-corrected chi connectivity index (χ2v) is 5.30. The first-order valence-electron chi connectivity index (χ1n) is 5.55. The van der Waals surface area contributed by atoms with Gasteiger partial charge in [0, 0.05) is 0 Å². The van der Waals surface area contributed by atoms with Crippen LogP contribution in [0.5, 0.6) is 0 Å². The van der Waals surface area contributed by atoms with E-state index in [1.807, 2.05) is 6.92 Å². The summed E-state index contributed by atoms with van der Waals surface area (Å²) in [5, 5.41) is 10.1. The predicted molar refractivity (Wildman–Crippen MR) is 58.8 cm³/mol. The number of hydrogen-bond acceptors (Lipinski definition) is 1. The standard InChI is InChI=1S/C12H26O/c1-6-8-9-12(5,13)10-11(3,4)7-2/h13H,6-10H2,1-5H3. The van der Waals surface area contributed by atoms with Gasteiger partial charge in [0.1, 0.15) is 0 Å². The minimum absolute atomic E-state index is 0.275. The second-order valence-electron chi connectivity index (χ2n) is 5.30. The van der Waals surface area contributed by atoms with Crippen LogP contribution in [0.2, 0.25) is 0 Å². The van der Waals surface area contributed by atoms with Crippen molar-refractivity contribution in [2.75, 3.05) is 0 Å². The van der Waals surface area contributed by atoms with Gasteiger partial charge in [-0.1, -0.05) is 47.0 Å². The Morgan fingerprint density at radius 3 is 2.00 bits per heavy atom. The molecule has 0 aromatic carbocycles. The molecule has 0 aliphatic rings. The molecular weight excluding hydrogens is 160 g/mol. The van der Waals surface area contributed by atoms with Crippen molar-refractivity contribution in [1.29, 1.82) is 0 Å². The van der Waals surface area contributed by atoms with Crippen molar-refractivity contribution in [3.8, 4) is 0 Å². The molecule has 0 amide bonds. The van der Waals surface area contributed by atoms with E-state index in [2.05, 4.69) is 27.7 Å². The van der Waals surface area contributed by atoms with Crippen LogP contribution in [0.25, 0.3) is 0 Å². The zero-order valence-corrected chi connectivity index (χ0v) is 9.98. The van der Waals surface area contributed by atoms with Crippen molar-refractivity contribution in [1.82, 2.24) is 0 Å². The lowest BCUT2D eigenvalue weighted by Crippen LogP contribution is -2.31. The summed E-state index contributed by atoms with van der Waals surface area (Å²) < 4.78 is 0. The number of unbranched alkanes of at least 4 members (excludes halogenated alkanes) is 1. The van der Waals surface area contributed by atoms with Crippen LogP contribution in [-0.2, 0) is 0 Å². The summed E-state index contributed by atoms with van der Waals surface area (Å²) >= 11 is 0. The molecule has 0 saturated carbocycles. The summed E-state index contributed by atoms with van der Waals surface area (Å²) in [6, 6.07) is 0. The lowest BCUT2D eigenvalue weighted by Gasteiger charge is -2.33. The topological polar surface area (TPSA) is 20.2 Å². The monoisotopic (exact) mass is 186 g/mol. The first kappa shape index (κ1) is 13.0. The van der Waals surface area contributed by atoms with Gasteiger partial charge in [0.05, 0.1) is 5.60 Å². The Morgan fingerprint density at radius 2 is 1.62 bits per heavy atom. The summed E-state index contributed by atoms with van der Waals surface area (Å²) in [6.45, 7) is 10.8. The fourth-order valence-electron chi connectivity index (χ4n) is 1.80. The van der Waals surface area contributed by atoms with Crippen molar-refractivity contribution in [2.45, 2.75) is 72.3 Å². The average molecular weight is 186 g/mol. The van der Waals surface area contributed by atoms with Crippen LogP contribution in [-0.4, -0.2) is 10.7 Å². The Morgan fingerprint density at radius 1 is 1.08 bits per heavy atom. The van der Waals surface area contributed by atoms with Gasteiger partial charge >= 0.3 is 0 Å². The van der Waals surface area contributed by atoms with Gasteiger partial charge in [0.25, 0.3) is 0 Å². The van der Waals surface area contributed by atoms with Crippen LogP contribution in [0.1, 0.15) is 66.7 Å². The predicted octanol–water partition coefficient (Wildman–Crippen LogP) is 3.75. The van der Waals surface area contributed by atoms with E-state index in [1.165, 1.54) is 6.42 Å². The fourth-order valence-corrected chi connectivity index (χ4v) is 1.80. The number of aliphatic hydroxyl groups is 1. The Labute approximate surface area is 83.5 Å². The highest BCUT2D eigenvalue weighted by Gasteiger charge is 2.28. The SMILES string of the molecule is CCCCC(C)(O)CC(C)(C)CC. The molecule has 0 heterocycles. The van der Waals surface area contributed by atoms with E-state index in [-0.39, 0.29) is 5.41 Å². The Kier molecular flexibility index (Phi) is 4.98. The maximum absolute atomic E-state index is 10.1. The van der Waals surface area contributed by atoms with Crippen molar-refractivity contribution in [3.05, 3.63) is 0 Å². The molecule has 80 valence electrons. The van der Waals surface area contributed by atoms with Gasteiger partial charge in [0.2, 0.25) is 0 Å². The summed E-state index contributed by atoms with van der Waals surface area (Å²) in [5.41, 5.74) is -0.188. The molecule has 1 heteroatoms. The third kappa shape index (κ3) is 6.09. The average Bonchev–Trinajstić information content (AvgIpc) is 1.99. The molecule has 0 aromatic heterocycles. The van der Waals surface area contributed by atoms with E-state index >= 15 is 0 Å². The lowest BCUT2D eigenvalue weighted by atomic mass is 9.77. The maximum Gasteiger partial charge on any atom is 0.0624 e. The molecule has 0 bridgehead atoms. The van der Waals surface area contributed by atoms with Crippen LogP contribution in [0.15, 0.2) is 0 Å². The summed E-state index contributed by atoms with van der Waals surface area (Å²) in [6.07, 6.45) is 5.29. The van der Waals surface area contributed by atoms with Gasteiger partial charge < -0.3 is 5.11 Å². The highest BCUT2D eigenvalue weighted by atomic mass is 16.3. The molecule has 0 radical (unpaired) electrons. The zero-order valence-electron chi connectivity index (χ0n) is 9.98. The van der Waals surface area contributed by atoms with E-state index in [0.717, 1.165) is 25.7 Å². The molecule has 0 saturated heterocycles. The first-order valence-corrected chi connectivity index (χ1v) is 5.55. The summed E-state index contributed by atoms with van der Waals surface area (Å²) in [7, 11) is 0. The van der Waals surface area contributed by atoms with Crippen LogP contribution >= 0.6 is 0 Å². The minimum atomic E-state index is -0.463. The van der Waals surface area contributed by atoms with Crippen LogP contribution in [0.3, 0.4) is 0 Å². The van der Waals surface area contributed by atoms with E-state index < -0.39 is 5.60 Å². The van der Waals surface area contributed by atoms with Crippen LogP contribution < -0.4 is 0 Å². The van der Waals surface area contributed by atoms with E-state index in [0.29, 0.717) is 0 Å². The third-order valence-electron chi connectivity index (χ3n) is 2.89. The zero-order chi connectivity index (χ0) is 10.5. The maximum atomic E-state index is 10.1. The summed E-state index contributed by atoms with van der Waals surface area (Å²) in [5.74, 6) is 0. The van der Waals surface area contributed by atoms with Gasteiger partial charge in [-0.15, -0.1) is 0 Å². The molecule has 1 atom stereocenters. The molecule has 0 fully saturated rings. The largest absolute Gasteiger partial charge is 0.390 e. The molecular formula is C12H26O. The van der Waals surface area contributed by atoms with Crippen molar-refractivity contribution in [2.24, 2.45) is 5.41 Å². The minimum Gasteiger partial charge on any atom is -0.390 e. The summed E-state index contributed by atoms with van der Waals surface area (Å²) in [4.78, 5) is 0. The Bertz CT molecular complexity index is 136. The van der Waals surface area contributed by atoms with Gasteiger partial charge in [-0.2, -0.15) is 0 Å². The normalized spacial score (nSPS) is 17.1. The molecule has 1 unspecified atom stereocenters. The Balaban J connectivity index is 4.00. The van der Waals surface area contributed by atoms with E-state index in [4.69, 9.17) is 0 Å². The van der Waals surface area contributed by atoms with Gasteiger partial charge in [-0.25, -0.2) is 0 Å². The van der Waals surface area contributed by atoms with Gasteiger partial charge in [-0.05, 0) is 25.2 Å². The van der Waals surface area contributed by atoms with Gasteiger partial charge in [0.15, 0.2) is 0 Å². The molecule has 0 spiro atoms. The highest BCUT2D eigenvalue weighted by Crippen LogP contribution is 2.33. The van der Waals surface area contributed by atoms with Crippen LogP contribution in [0, 0.1) is 5.41 Å². The van der Waals surface area contributed by atoms with E-state index in [9.17, 15) is 5.11 Å². The van der Waals surface area contributed by atoms with E-state index in [1.54, 1.807) is 0 Å².